The fraction of sp³-hybridized carbons (Fsp3) is 1.00. The molecule has 0 spiro atoms. The summed E-state index contributed by atoms with van der Waals surface area (Å²) in [6.45, 7) is 17.2. The van der Waals surface area contributed by atoms with Crippen molar-refractivity contribution in [1.82, 2.24) is 9.80 Å². The number of likely N-dealkylation sites (tertiary alicyclic amines) is 1. The van der Waals surface area contributed by atoms with Crippen LogP contribution in [-0.2, 0) is 0 Å². The summed E-state index contributed by atoms with van der Waals surface area (Å²) >= 11 is 0. The monoisotopic (exact) mass is 214 g/mol. The van der Waals surface area contributed by atoms with Crippen LogP contribution < -0.4 is 0 Å². The van der Waals surface area contributed by atoms with E-state index < -0.39 is 0 Å². The van der Waals surface area contributed by atoms with Crippen molar-refractivity contribution in [3.8, 4) is 0 Å². The largest absolute Gasteiger partial charge is 0.302 e. The number of likely N-dealkylation sites (N-methyl/N-ethyl adjacent to an activating group) is 1. The fourth-order valence-corrected chi connectivity index (χ4v) is 2.06. The van der Waals surface area contributed by atoms with Gasteiger partial charge in [0.2, 0.25) is 0 Å². The predicted octanol–water partition coefficient (Wildman–Crippen LogP) is 2.84. The molecule has 1 aliphatic rings. The maximum atomic E-state index is 2.59. The van der Waals surface area contributed by atoms with Gasteiger partial charge in [-0.15, -0.1) is 0 Å². The summed E-state index contributed by atoms with van der Waals surface area (Å²) in [6.07, 6.45) is 2.82. The first-order valence-corrected chi connectivity index (χ1v) is 6.70. The van der Waals surface area contributed by atoms with Crippen LogP contribution in [-0.4, -0.2) is 48.6 Å². The van der Waals surface area contributed by atoms with Crippen LogP contribution in [0.2, 0.25) is 0 Å². The molecule has 0 amide bonds. The first-order chi connectivity index (χ1) is 7.24. The third kappa shape index (κ3) is 6.16. The summed E-state index contributed by atoms with van der Waals surface area (Å²) in [6, 6.07) is 0.701. The molecule has 0 atom stereocenters. The Labute approximate surface area is 96.6 Å². The first kappa shape index (κ1) is 14.9. The fourth-order valence-electron chi connectivity index (χ4n) is 2.06. The van der Waals surface area contributed by atoms with Gasteiger partial charge in [0.15, 0.2) is 0 Å². The summed E-state index contributed by atoms with van der Waals surface area (Å²) in [4.78, 5) is 5.13. The standard InChI is InChI=1S/C11H24N2.C2H6/c1-4-13(11(2)3)10-9-12-7-5-6-8-12;1-2/h11H,4-10H2,1-3H3;1-2H3. The maximum absolute atomic E-state index is 2.59. The Kier molecular flexibility index (Phi) is 9.12. The third-order valence-corrected chi connectivity index (χ3v) is 3.04. The second-order valence-corrected chi connectivity index (χ2v) is 4.27. The smallest absolute Gasteiger partial charge is 0.0112 e. The Morgan fingerprint density at radius 2 is 1.67 bits per heavy atom. The summed E-state index contributed by atoms with van der Waals surface area (Å²) in [5.41, 5.74) is 0. The Balaban J connectivity index is 0.000000921. The Morgan fingerprint density at radius 3 is 2.07 bits per heavy atom. The highest BCUT2D eigenvalue weighted by Gasteiger charge is 2.13. The van der Waals surface area contributed by atoms with E-state index >= 15 is 0 Å². The van der Waals surface area contributed by atoms with E-state index in [1.807, 2.05) is 13.8 Å². The molecule has 0 saturated carbocycles. The van der Waals surface area contributed by atoms with E-state index in [4.69, 9.17) is 0 Å². The van der Waals surface area contributed by atoms with E-state index in [2.05, 4.69) is 30.6 Å². The SMILES string of the molecule is CC.CCN(CCN1CCCC1)C(C)C. The normalized spacial score (nSPS) is 17.0. The number of nitrogens with zero attached hydrogens (tertiary/aromatic N) is 2. The van der Waals surface area contributed by atoms with Crippen LogP contribution >= 0.6 is 0 Å². The molecule has 15 heavy (non-hydrogen) atoms. The summed E-state index contributed by atoms with van der Waals surface area (Å²) < 4.78 is 0. The molecule has 92 valence electrons. The lowest BCUT2D eigenvalue weighted by Gasteiger charge is -2.27. The number of hydrogen-bond donors (Lipinski definition) is 0. The zero-order chi connectivity index (χ0) is 11.7. The van der Waals surface area contributed by atoms with Crippen molar-refractivity contribution in [2.45, 2.75) is 53.5 Å². The van der Waals surface area contributed by atoms with Gasteiger partial charge < -0.3 is 4.90 Å². The lowest BCUT2D eigenvalue weighted by molar-refractivity contribution is 0.197. The molecule has 0 aromatic carbocycles. The zero-order valence-electron chi connectivity index (χ0n) is 11.4. The van der Waals surface area contributed by atoms with E-state index in [0.29, 0.717) is 6.04 Å². The van der Waals surface area contributed by atoms with E-state index in [1.165, 1.54) is 45.6 Å². The summed E-state index contributed by atoms with van der Waals surface area (Å²) in [5, 5.41) is 0. The van der Waals surface area contributed by atoms with Gasteiger partial charge in [0, 0.05) is 19.1 Å². The van der Waals surface area contributed by atoms with Crippen molar-refractivity contribution in [2.75, 3.05) is 32.7 Å². The van der Waals surface area contributed by atoms with Crippen molar-refractivity contribution in [1.29, 1.82) is 0 Å². The van der Waals surface area contributed by atoms with E-state index in [-0.39, 0.29) is 0 Å². The molecule has 1 heterocycles. The quantitative estimate of drug-likeness (QED) is 0.694. The van der Waals surface area contributed by atoms with Crippen molar-refractivity contribution in [3.63, 3.8) is 0 Å². The van der Waals surface area contributed by atoms with Gasteiger partial charge in [-0.3, -0.25) is 4.90 Å². The molecule has 1 rings (SSSR count). The Bertz CT molecular complexity index is 128. The van der Waals surface area contributed by atoms with Crippen LogP contribution in [0.5, 0.6) is 0 Å². The molecule has 0 aliphatic carbocycles. The van der Waals surface area contributed by atoms with Crippen molar-refractivity contribution < 1.29 is 0 Å². The van der Waals surface area contributed by atoms with Crippen molar-refractivity contribution >= 4 is 0 Å². The third-order valence-electron chi connectivity index (χ3n) is 3.04. The van der Waals surface area contributed by atoms with Gasteiger partial charge in [-0.1, -0.05) is 20.8 Å². The lowest BCUT2D eigenvalue weighted by atomic mass is 10.3. The highest BCUT2D eigenvalue weighted by Crippen LogP contribution is 2.07. The van der Waals surface area contributed by atoms with Gasteiger partial charge in [0.05, 0.1) is 0 Å². The number of rotatable bonds is 5. The van der Waals surface area contributed by atoms with Crippen LogP contribution in [0.1, 0.15) is 47.5 Å². The zero-order valence-corrected chi connectivity index (χ0v) is 11.4. The molecule has 0 bridgehead atoms. The Morgan fingerprint density at radius 1 is 1.13 bits per heavy atom. The molecule has 1 saturated heterocycles. The average Bonchev–Trinajstić information content (AvgIpc) is 2.74. The second kappa shape index (κ2) is 9.17. The Hall–Kier alpha value is -0.0800. The van der Waals surface area contributed by atoms with Gasteiger partial charge in [0.1, 0.15) is 0 Å². The van der Waals surface area contributed by atoms with E-state index in [9.17, 15) is 0 Å². The molecule has 0 radical (unpaired) electrons. The van der Waals surface area contributed by atoms with Gasteiger partial charge in [-0.25, -0.2) is 0 Å². The average molecular weight is 214 g/mol. The van der Waals surface area contributed by atoms with Crippen molar-refractivity contribution in [3.05, 3.63) is 0 Å². The highest BCUT2D eigenvalue weighted by atomic mass is 15.2. The first-order valence-electron chi connectivity index (χ1n) is 6.70. The van der Waals surface area contributed by atoms with Crippen molar-refractivity contribution in [2.24, 2.45) is 0 Å². The van der Waals surface area contributed by atoms with Gasteiger partial charge >= 0.3 is 0 Å². The molecule has 0 aromatic heterocycles. The highest BCUT2D eigenvalue weighted by molar-refractivity contribution is 4.69. The van der Waals surface area contributed by atoms with Gasteiger partial charge in [-0.2, -0.15) is 0 Å². The summed E-state index contributed by atoms with van der Waals surface area (Å²) in [7, 11) is 0. The molecular formula is C13H30N2. The maximum Gasteiger partial charge on any atom is 0.0112 e. The minimum atomic E-state index is 0.701. The van der Waals surface area contributed by atoms with E-state index in [0.717, 1.165) is 0 Å². The molecule has 0 aromatic rings. The second-order valence-electron chi connectivity index (χ2n) is 4.27. The van der Waals surface area contributed by atoms with Crippen LogP contribution in [0, 0.1) is 0 Å². The van der Waals surface area contributed by atoms with Crippen LogP contribution in [0.3, 0.4) is 0 Å². The van der Waals surface area contributed by atoms with Crippen LogP contribution in [0.4, 0.5) is 0 Å². The molecular weight excluding hydrogens is 184 g/mol. The van der Waals surface area contributed by atoms with E-state index in [1.54, 1.807) is 0 Å². The molecule has 0 N–H and O–H groups in total. The topological polar surface area (TPSA) is 6.48 Å². The molecule has 2 heteroatoms. The van der Waals surface area contributed by atoms with Crippen LogP contribution in [0.15, 0.2) is 0 Å². The molecule has 1 aliphatic heterocycles. The predicted molar refractivity (Wildman–Crippen MR) is 69.4 cm³/mol. The summed E-state index contributed by atoms with van der Waals surface area (Å²) in [5.74, 6) is 0. The minimum absolute atomic E-state index is 0.701. The molecule has 2 nitrogen and oxygen atoms in total. The van der Waals surface area contributed by atoms with Crippen LogP contribution in [0.25, 0.3) is 0 Å². The lowest BCUT2D eigenvalue weighted by Crippen LogP contribution is -2.37. The minimum Gasteiger partial charge on any atom is -0.302 e. The molecule has 0 unspecified atom stereocenters. The number of hydrogen-bond acceptors (Lipinski definition) is 2. The molecule has 1 fully saturated rings. The van der Waals surface area contributed by atoms with Gasteiger partial charge in [0.25, 0.3) is 0 Å². The van der Waals surface area contributed by atoms with Gasteiger partial charge in [-0.05, 0) is 46.3 Å².